The molecule has 26 heavy (non-hydrogen) atoms. The molecule has 0 aliphatic rings. The van der Waals surface area contributed by atoms with Gasteiger partial charge in [-0.25, -0.2) is 27.4 Å². The fourth-order valence-electron chi connectivity index (χ4n) is 2.69. The summed E-state index contributed by atoms with van der Waals surface area (Å²) >= 11 is 0. The molecule has 10 heteroatoms. The van der Waals surface area contributed by atoms with E-state index in [-0.39, 0.29) is 10.7 Å². The summed E-state index contributed by atoms with van der Waals surface area (Å²) in [6, 6.07) is 6.85. The van der Waals surface area contributed by atoms with E-state index >= 15 is 0 Å². The first-order chi connectivity index (χ1) is 12.4. The molecule has 1 aromatic carbocycles. The predicted molar refractivity (Wildman–Crippen MR) is 94.7 cm³/mol. The van der Waals surface area contributed by atoms with E-state index in [0.29, 0.717) is 12.1 Å². The van der Waals surface area contributed by atoms with Crippen LogP contribution in [0.4, 0.5) is 0 Å². The van der Waals surface area contributed by atoms with Crippen molar-refractivity contribution in [3.8, 4) is 6.07 Å². The SMILES string of the molecule is CCCn1c(Cn2cnc(C#N)n2)nc2cc(S(=O)(=O)N(C)C)ccc21. The number of aryl methyl sites for hydroxylation is 1. The van der Waals surface area contributed by atoms with E-state index < -0.39 is 10.0 Å². The van der Waals surface area contributed by atoms with Crippen molar-refractivity contribution < 1.29 is 8.42 Å². The number of hydrogen-bond donors (Lipinski definition) is 0. The van der Waals surface area contributed by atoms with Gasteiger partial charge in [0.1, 0.15) is 24.8 Å². The van der Waals surface area contributed by atoms with Crippen LogP contribution in [0.3, 0.4) is 0 Å². The third kappa shape index (κ3) is 3.18. The molecule has 0 aliphatic carbocycles. The molecule has 0 saturated carbocycles. The van der Waals surface area contributed by atoms with E-state index in [1.807, 2.05) is 10.6 Å². The fourth-order valence-corrected chi connectivity index (χ4v) is 3.61. The van der Waals surface area contributed by atoms with Crippen molar-refractivity contribution in [2.24, 2.45) is 0 Å². The lowest BCUT2D eigenvalue weighted by Gasteiger charge is -2.11. The number of benzene rings is 1. The first-order valence-electron chi connectivity index (χ1n) is 8.08. The lowest BCUT2D eigenvalue weighted by Crippen LogP contribution is -2.22. The Morgan fingerprint density at radius 2 is 2.08 bits per heavy atom. The normalized spacial score (nSPS) is 12.0. The molecule has 0 amide bonds. The number of aromatic nitrogens is 5. The average Bonchev–Trinajstić information content (AvgIpc) is 3.19. The van der Waals surface area contributed by atoms with Crippen molar-refractivity contribution >= 4 is 21.1 Å². The molecule has 0 N–H and O–H groups in total. The minimum Gasteiger partial charge on any atom is -0.326 e. The first-order valence-corrected chi connectivity index (χ1v) is 9.52. The number of nitrogens with zero attached hydrogens (tertiary/aromatic N) is 7. The van der Waals surface area contributed by atoms with E-state index in [2.05, 4.69) is 22.0 Å². The molecular weight excluding hydrogens is 354 g/mol. The summed E-state index contributed by atoms with van der Waals surface area (Å²) in [5, 5.41) is 12.9. The highest BCUT2D eigenvalue weighted by atomic mass is 32.2. The molecule has 0 spiro atoms. The van der Waals surface area contributed by atoms with Gasteiger partial charge >= 0.3 is 0 Å². The highest BCUT2D eigenvalue weighted by Gasteiger charge is 2.20. The zero-order valence-corrected chi connectivity index (χ0v) is 15.6. The van der Waals surface area contributed by atoms with Gasteiger partial charge in [0.2, 0.25) is 10.0 Å². The summed E-state index contributed by atoms with van der Waals surface area (Å²) in [6.45, 7) is 3.15. The molecule has 2 aromatic heterocycles. The van der Waals surface area contributed by atoms with Gasteiger partial charge in [-0.05, 0) is 24.6 Å². The number of imidazole rings is 1. The van der Waals surface area contributed by atoms with E-state index in [4.69, 9.17) is 5.26 Å². The third-order valence-corrected chi connectivity index (χ3v) is 5.78. The van der Waals surface area contributed by atoms with Crippen LogP contribution in [0.15, 0.2) is 29.4 Å². The van der Waals surface area contributed by atoms with Gasteiger partial charge in [-0.1, -0.05) is 6.92 Å². The maximum absolute atomic E-state index is 12.4. The molecule has 2 heterocycles. The van der Waals surface area contributed by atoms with Gasteiger partial charge in [0.15, 0.2) is 0 Å². The van der Waals surface area contributed by atoms with Gasteiger partial charge in [0, 0.05) is 20.6 Å². The Balaban J connectivity index is 2.08. The van der Waals surface area contributed by atoms with Crippen LogP contribution in [0, 0.1) is 11.3 Å². The van der Waals surface area contributed by atoms with E-state index in [0.717, 1.165) is 24.3 Å². The number of fused-ring (bicyclic) bond motifs is 1. The van der Waals surface area contributed by atoms with E-state index in [1.54, 1.807) is 22.9 Å². The molecule has 0 bridgehead atoms. The Morgan fingerprint density at radius 1 is 1.31 bits per heavy atom. The van der Waals surface area contributed by atoms with Crippen molar-refractivity contribution in [3.05, 3.63) is 36.2 Å². The minimum absolute atomic E-state index is 0.0996. The van der Waals surface area contributed by atoms with Crippen LogP contribution in [0.2, 0.25) is 0 Å². The zero-order valence-electron chi connectivity index (χ0n) is 14.8. The van der Waals surface area contributed by atoms with E-state index in [9.17, 15) is 8.42 Å². The molecule has 9 nitrogen and oxygen atoms in total. The Kier molecular flexibility index (Phi) is 4.76. The Hall–Kier alpha value is -2.77. The topological polar surface area (TPSA) is 110 Å². The van der Waals surface area contributed by atoms with Gasteiger partial charge < -0.3 is 4.57 Å². The largest absolute Gasteiger partial charge is 0.326 e. The van der Waals surface area contributed by atoms with Gasteiger partial charge in [-0.3, -0.25) is 0 Å². The number of rotatable bonds is 6. The summed E-state index contributed by atoms with van der Waals surface area (Å²) in [7, 11) is -0.526. The third-order valence-electron chi connectivity index (χ3n) is 3.96. The summed E-state index contributed by atoms with van der Waals surface area (Å²) < 4.78 is 29.5. The molecule has 0 saturated heterocycles. The molecule has 136 valence electrons. The minimum atomic E-state index is -3.52. The monoisotopic (exact) mass is 373 g/mol. The molecule has 0 atom stereocenters. The fraction of sp³-hybridized carbons (Fsp3) is 0.375. The summed E-state index contributed by atoms with van der Waals surface area (Å²) in [4.78, 5) is 8.70. The van der Waals surface area contributed by atoms with E-state index in [1.165, 1.54) is 24.7 Å². The Bertz CT molecular complexity index is 1090. The van der Waals surface area contributed by atoms with Crippen LogP contribution in [0.1, 0.15) is 25.0 Å². The van der Waals surface area contributed by atoms with Crippen LogP contribution in [0.25, 0.3) is 11.0 Å². The molecule has 0 aliphatic heterocycles. The van der Waals surface area contributed by atoms with Crippen LogP contribution >= 0.6 is 0 Å². The molecule has 0 unspecified atom stereocenters. The lowest BCUT2D eigenvalue weighted by molar-refractivity contribution is 0.521. The molecule has 3 rings (SSSR count). The van der Waals surface area contributed by atoms with Crippen LogP contribution in [-0.2, 0) is 23.1 Å². The second-order valence-corrected chi connectivity index (χ2v) is 8.15. The van der Waals surface area contributed by atoms with Crippen LogP contribution < -0.4 is 0 Å². The molecule has 3 aromatic rings. The van der Waals surface area contributed by atoms with Gasteiger partial charge in [0.25, 0.3) is 5.82 Å². The van der Waals surface area contributed by atoms with Gasteiger partial charge in [0.05, 0.1) is 15.9 Å². The number of nitriles is 1. The quantitative estimate of drug-likeness (QED) is 0.642. The highest BCUT2D eigenvalue weighted by Crippen LogP contribution is 2.23. The molecule has 0 radical (unpaired) electrons. The number of sulfonamides is 1. The summed E-state index contributed by atoms with van der Waals surface area (Å²) in [6.07, 6.45) is 2.38. The average molecular weight is 373 g/mol. The second-order valence-electron chi connectivity index (χ2n) is 6.00. The molecular formula is C16H19N7O2S. The highest BCUT2D eigenvalue weighted by molar-refractivity contribution is 7.89. The smallest absolute Gasteiger partial charge is 0.252 e. The Morgan fingerprint density at radius 3 is 2.69 bits per heavy atom. The second kappa shape index (κ2) is 6.86. The van der Waals surface area contributed by atoms with Crippen molar-refractivity contribution in [1.29, 1.82) is 5.26 Å². The van der Waals surface area contributed by atoms with Crippen LogP contribution in [0.5, 0.6) is 0 Å². The standard InChI is InChI=1S/C16H19N7O2S/c1-4-7-23-14-6-5-12(26(24,25)21(2)3)8-13(14)19-16(23)10-22-11-18-15(9-17)20-22/h5-6,8,11H,4,7,10H2,1-3H3. The van der Waals surface area contributed by atoms with Gasteiger partial charge in [-0.15, -0.1) is 5.10 Å². The van der Waals surface area contributed by atoms with Crippen molar-refractivity contribution in [3.63, 3.8) is 0 Å². The van der Waals surface area contributed by atoms with Crippen molar-refractivity contribution in [2.75, 3.05) is 14.1 Å². The maximum Gasteiger partial charge on any atom is 0.252 e. The zero-order chi connectivity index (χ0) is 18.9. The summed E-state index contributed by atoms with van der Waals surface area (Å²) in [5.41, 5.74) is 1.47. The number of hydrogen-bond acceptors (Lipinski definition) is 6. The lowest BCUT2D eigenvalue weighted by atomic mass is 10.3. The first kappa shape index (κ1) is 18.0. The van der Waals surface area contributed by atoms with Crippen molar-refractivity contribution in [2.45, 2.75) is 31.3 Å². The molecule has 0 fully saturated rings. The van der Waals surface area contributed by atoms with Crippen molar-refractivity contribution in [1.82, 2.24) is 28.6 Å². The van der Waals surface area contributed by atoms with Crippen LogP contribution in [-0.4, -0.2) is 51.1 Å². The maximum atomic E-state index is 12.4. The Labute approximate surface area is 151 Å². The summed E-state index contributed by atoms with van der Waals surface area (Å²) in [5.74, 6) is 0.832. The predicted octanol–water partition coefficient (Wildman–Crippen LogP) is 1.21. The van der Waals surface area contributed by atoms with Gasteiger partial charge in [-0.2, -0.15) is 5.26 Å².